The molecule has 0 heterocycles. The van der Waals surface area contributed by atoms with Crippen molar-refractivity contribution >= 4 is 7.60 Å². The van der Waals surface area contributed by atoms with Crippen molar-refractivity contribution in [2.45, 2.75) is 5.85 Å². The molecule has 0 saturated carbocycles. The van der Waals surface area contributed by atoms with Gasteiger partial charge in [-0.3, -0.25) is 4.57 Å². The van der Waals surface area contributed by atoms with Crippen LogP contribution in [0, 0.1) is 0 Å². The maximum absolute atomic E-state index is 12.3. The Hall–Kier alpha value is -0.750. The van der Waals surface area contributed by atoms with Crippen molar-refractivity contribution in [3.8, 4) is 0 Å². The van der Waals surface area contributed by atoms with Gasteiger partial charge in [0, 0.05) is 0 Å². The average Bonchev–Trinajstić information content (AvgIpc) is 2.43. The van der Waals surface area contributed by atoms with E-state index in [1.807, 2.05) is 0 Å². The predicted octanol–water partition coefficient (Wildman–Crippen LogP) is 0.888. The summed E-state index contributed by atoms with van der Waals surface area (Å²) in [5.41, 5.74) is 0.386. The molecule has 1 rings (SSSR count). The third-order valence-electron chi connectivity index (χ3n) is 2.12. The molecule has 0 radical (unpaired) electrons. The Morgan fingerprint density at radius 2 is 1.56 bits per heavy atom. The second-order valence-corrected chi connectivity index (χ2v) is 5.52. The molecule has 1 aromatic carbocycles. The summed E-state index contributed by atoms with van der Waals surface area (Å²) in [6.07, 6.45) is 0. The summed E-state index contributed by atoms with van der Waals surface area (Å²) in [7, 11) is -3.83. The van der Waals surface area contributed by atoms with Gasteiger partial charge in [-0.15, -0.1) is 0 Å². The minimum atomic E-state index is -3.83. The number of hydrogen-bond acceptors (Lipinski definition) is 6. The summed E-state index contributed by atoms with van der Waals surface area (Å²) in [6, 6.07) is 8.29. The molecular weight excluding hydrogens is 259 g/mol. The van der Waals surface area contributed by atoms with E-state index in [9.17, 15) is 9.67 Å². The highest BCUT2D eigenvalue weighted by Gasteiger charge is 2.35. The summed E-state index contributed by atoms with van der Waals surface area (Å²) in [5.74, 6) is -1.45. The van der Waals surface area contributed by atoms with Gasteiger partial charge in [0.1, 0.15) is 0 Å². The summed E-state index contributed by atoms with van der Waals surface area (Å²) in [6.45, 7) is -1.11. The zero-order valence-electron chi connectivity index (χ0n) is 9.81. The molecule has 0 aliphatic heterocycles. The van der Waals surface area contributed by atoms with Crippen LogP contribution in [0.5, 0.6) is 0 Å². The third kappa shape index (κ3) is 4.17. The first kappa shape index (κ1) is 15.3. The lowest BCUT2D eigenvalue weighted by atomic mass is 10.2. The molecule has 18 heavy (non-hydrogen) atoms. The summed E-state index contributed by atoms with van der Waals surface area (Å²) < 4.78 is 22.2. The van der Waals surface area contributed by atoms with Crippen LogP contribution in [-0.4, -0.2) is 41.7 Å². The molecule has 7 heteroatoms. The van der Waals surface area contributed by atoms with Crippen LogP contribution >= 0.6 is 7.60 Å². The van der Waals surface area contributed by atoms with Crippen LogP contribution in [-0.2, 0) is 13.6 Å². The average molecular weight is 276 g/mol. The minimum absolute atomic E-state index is 0.216. The van der Waals surface area contributed by atoms with Crippen molar-refractivity contribution < 1.29 is 28.9 Å². The SMILES string of the molecule is O=P(OCCO)(OCCO)C(O)c1ccccc1. The van der Waals surface area contributed by atoms with Crippen LogP contribution in [0.25, 0.3) is 0 Å². The highest BCUT2D eigenvalue weighted by molar-refractivity contribution is 7.54. The van der Waals surface area contributed by atoms with Crippen molar-refractivity contribution in [2.24, 2.45) is 0 Å². The summed E-state index contributed by atoms with van der Waals surface area (Å²) in [5, 5.41) is 27.4. The molecule has 0 aliphatic carbocycles. The molecule has 0 amide bonds. The molecular formula is C11H17O6P. The van der Waals surface area contributed by atoms with Gasteiger partial charge in [-0.05, 0) is 5.56 Å². The Bertz CT molecular complexity index is 370. The second-order valence-electron chi connectivity index (χ2n) is 3.44. The molecule has 0 spiro atoms. The monoisotopic (exact) mass is 276 g/mol. The fraction of sp³-hybridized carbons (Fsp3) is 0.455. The molecule has 0 bridgehead atoms. The Kier molecular flexibility index (Phi) is 6.49. The fourth-order valence-electron chi connectivity index (χ4n) is 1.32. The van der Waals surface area contributed by atoms with Crippen LogP contribution in [0.4, 0.5) is 0 Å². The lowest BCUT2D eigenvalue weighted by Gasteiger charge is -2.22. The molecule has 102 valence electrons. The molecule has 0 fully saturated rings. The smallest absolute Gasteiger partial charge is 0.363 e. The Balaban J connectivity index is 2.84. The topological polar surface area (TPSA) is 96.2 Å². The third-order valence-corrected chi connectivity index (χ3v) is 4.10. The molecule has 1 atom stereocenters. The quantitative estimate of drug-likeness (QED) is 0.610. The van der Waals surface area contributed by atoms with E-state index in [2.05, 4.69) is 0 Å². The van der Waals surface area contributed by atoms with Crippen LogP contribution in [0.15, 0.2) is 30.3 Å². The first-order chi connectivity index (χ1) is 8.64. The molecule has 6 nitrogen and oxygen atoms in total. The molecule has 0 aliphatic rings. The van der Waals surface area contributed by atoms with Crippen molar-refractivity contribution in [2.75, 3.05) is 26.4 Å². The van der Waals surface area contributed by atoms with Gasteiger partial charge < -0.3 is 24.4 Å². The van der Waals surface area contributed by atoms with Gasteiger partial charge in [0.2, 0.25) is 0 Å². The van der Waals surface area contributed by atoms with E-state index in [1.165, 1.54) is 0 Å². The van der Waals surface area contributed by atoms with E-state index in [0.29, 0.717) is 5.56 Å². The Labute approximate surface area is 105 Å². The van der Waals surface area contributed by atoms with E-state index >= 15 is 0 Å². The number of aliphatic hydroxyl groups excluding tert-OH is 3. The van der Waals surface area contributed by atoms with E-state index in [1.54, 1.807) is 30.3 Å². The first-order valence-electron chi connectivity index (χ1n) is 5.47. The zero-order chi connectivity index (χ0) is 13.4. The maximum atomic E-state index is 12.3. The molecule has 0 aromatic heterocycles. The van der Waals surface area contributed by atoms with Crippen LogP contribution in [0.1, 0.15) is 11.4 Å². The number of hydrogen-bond donors (Lipinski definition) is 3. The van der Waals surface area contributed by atoms with Gasteiger partial charge in [0.25, 0.3) is 0 Å². The Morgan fingerprint density at radius 1 is 1.06 bits per heavy atom. The van der Waals surface area contributed by atoms with Crippen LogP contribution in [0.3, 0.4) is 0 Å². The van der Waals surface area contributed by atoms with Crippen molar-refractivity contribution in [1.29, 1.82) is 0 Å². The summed E-state index contributed by atoms with van der Waals surface area (Å²) in [4.78, 5) is 0. The first-order valence-corrected chi connectivity index (χ1v) is 7.09. The summed E-state index contributed by atoms with van der Waals surface area (Å²) >= 11 is 0. The van der Waals surface area contributed by atoms with E-state index in [0.717, 1.165) is 0 Å². The van der Waals surface area contributed by atoms with Gasteiger partial charge in [-0.1, -0.05) is 30.3 Å². The van der Waals surface area contributed by atoms with Crippen LogP contribution in [0.2, 0.25) is 0 Å². The van der Waals surface area contributed by atoms with Crippen molar-refractivity contribution in [3.05, 3.63) is 35.9 Å². The lowest BCUT2D eigenvalue weighted by molar-refractivity contribution is 0.108. The van der Waals surface area contributed by atoms with Crippen molar-refractivity contribution in [1.82, 2.24) is 0 Å². The van der Waals surface area contributed by atoms with Gasteiger partial charge in [-0.2, -0.15) is 0 Å². The van der Waals surface area contributed by atoms with Crippen molar-refractivity contribution in [3.63, 3.8) is 0 Å². The molecule has 1 unspecified atom stereocenters. The van der Waals surface area contributed by atoms with E-state index in [4.69, 9.17) is 19.3 Å². The highest BCUT2D eigenvalue weighted by atomic mass is 31.2. The van der Waals surface area contributed by atoms with E-state index in [-0.39, 0.29) is 26.4 Å². The lowest BCUT2D eigenvalue weighted by Crippen LogP contribution is -2.10. The van der Waals surface area contributed by atoms with E-state index < -0.39 is 13.4 Å². The van der Waals surface area contributed by atoms with Gasteiger partial charge in [0.05, 0.1) is 26.4 Å². The molecule has 0 saturated heterocycles. The van der Waals surface area contributed by atoms with Gasteiger partial charge >= 0.3 is 7.60 Å². The number of aliphatic hydroxyl groups is 3. The van der Waals surface area contributed by atoms with Gasteiger partial charge in [-0.25, -0.2) is 0 Å². The zero-order valence-corrected chi connectivity index (χ0v) is 10.7. The minimum Gasteiger partial charge on any atom is -0.394 e. The van der Waals surface area contributed by atoms with Gasteiger partial charge in [0.15, 0.2) is 5.85 Å². The normalized spacial score (nSPS) is 13.5. The predicted molar refractivity (Wildman–Crippen MR) is 65.1 cm³/mol. The number of rotatable bonds is 8. The highest BCUT2D eigenvalue weighted by Crippen LogP contribution is 2.59. The molecule has 3 N–H and O–H groups in total. The standard InChI is InChI=1S/C11H17O6P/c12-6-8-16-18(15,17-9-7-13)11(14)10-4-2-1-3-5-10/h1-5,11-14H,6-9H2. The maximum Gasteiger partial charge on any atom is 0.363 e. The van der Waals surface area contributed by atoms with Crippen LogP contribution < -0.4 is 0 Å². The largest absolute Gasteiger partial charge is 0.394 e. The fourth-order valence-corrected chi connectivity index (χ4v) is 2.89. The molecule has 1 aromatic rings. The number of benzene rings is 1. The second kappa shape index (κ2) is 7.63. The Morgan fingerprint density at radius 3 is 2.00 bits per heavy atom.